The van der Waals surface area contributed by atoms with Gasteiger partial charge >= 0.3 is 0 Å². The van der Waals surface area contributed by atoms with Crippen LogP contribution in [-0.4, -0.2) is 48.2 Å². The Labute approximate surface area is 179 Å². The van der Waals surface area contributed by atoms with E-state index in [1.807, 2.05) is 64.0 Å². The van der Waals surface area contributed by atoms with Crippen molar-refractivity contribution in [3.8, 4) is 5.75 Å². The number of hydrogen-bond acceptors (Lipinski definition) is 6. The first-order chi connectivity index (χ1) is 14.3. The molecule has 0 aliphatic heterocycles. The van der Waals surface area contributed by atoms with E-state index in [9.17, 15) is 4.79 Å². The Bertz CT molecular complexity index is 860. The van der Waals surface area contributed by atoms with Crippen molar-refractivity contribution < 1.29 is 9.53 Å². The fraction of sp³-hybridized carbons (Fsp3) is 0.522. The zero-order valence-corrected chi connectivity index (χ0v) is 18.6. The Morgan fingerprint density at radius 1 is 1.10 bits per heavy atom. The molecule has 0 atom stereocenters. The smallest absolute Gasteiger partial charge is 0.251 e. The number of rotatable bonds is 7. The maximum absolute atomic E-state index is 12.7. The number of carbonyl (C=O) groups is 1. The molecule has 0 saturated heterocycles. The van der Waals surface area contributed by atoms with Gasteiger partial charge in [-0.2, -0.15) is 4.98 Å². The van der Waals surface area contributed by atoms with Gasteiger partial charge in [0.25, 0.3) is 5.91 Å². The first-order valence-electron chi connectivity index (χ1n) is 10.7. The van der Waals surface area contributed by atoms with Crippen LogP contribution in [0, 0.1) is 6.92 Å². The first kappa shape index (κ1) is 21.9. The van der Waals surface area contributed by atoms with E-state index in [2.05, 4.69) is 20.6 Å². The van der Waals surface area contributed by atoms with Gasteiger partial charge in [-0.25, -0.2) is 4.98 Å². The van der Waals surface area contributed by atoms with E-state index in [0.29, 0.717) is 17.6 Å². The zero-order chi connectivity index (χ0) is 21.7. The van der Waals surface area contributed by atoms with Crippen LogP contribution < -0.4 is 20.3 Å². The molecule has 1 aromatic heterocycles. The van der Waals surface area contributed by atoms with E-state index >= 15 is 0 Å². The van der Waals surface area contributed by atoms with Gasteiger partial charge in [-0.1, -0.05) is 6.07 Å². The Kier molecular flexibility index (Phi) is 7.13. The van der Waals surface area contributed by atoms with Gasteiger partial charge < -0.3 is 20.3 Å². The molecule has 1 heterocycles. The van der Waals surface area contributed by atoms with Gasteiger partial charge in [-0.3, -0.25) is 4.79 Å². The highest BCUT2D eigenvalue weighted by Gasteiger charge is 2.23. The maximum Gasteiger partial charge on any atom is 0.251 e. The van der Waals surface area contributed by atoms with E-state index < -0.39 is 0 Å². The second-order valence-electron chi connectivity index (χ2n) is 8.45. The summed E-state index contributed by atoms with van der Waals surface area (Å²) in [5, 5.41) is 6.64. The molecule has 2 aromatic rings. The molecule has 30 heavy (non-hydrogen) atoms. The minimum absolute atomic E-state index is 0.0433. The van der Waals surface area contributed by atoms with Crippen molar-refractivity contribution in [1.82, 2.24) is 15.3 Å². The van der Waals surface area contributed by atoms with Gasteiger partial charge in [0.1, 0.15) is 11.6 Å². The first-order valence-corrected chi connectivity index (χ1v) is 10.7. The molecule has 3 rings (SSSR count). The van der Waals surface area contributed by atoms with Crippen molar-refractivity contribution in [2.24, 2.45) is 0 Å². The molecule has 7 heteroatoms. The van der Waals surface area contributed by atoms with Crippen molar-refractivity contribution >= 4 is 17.7 Å². The molecule has 0 bridgehead atoms. The third-order valence-electron chi connectivity index (χ3n) is 5.16. The standard InChI is InChI=1S/C23H33N5O2/c1-15(2)30-20-8-6-7-17(14-20)22(29)25-18-9-11-19(12-10-18)26-23-24-16(3)13-21(27-23)28(4)5/h6-8,13-15,18-19H,9-12H2,1-5H3,(H,25,29)(H,24,26,27). The number of benzene rings is 1. The van der Waals surface area contributed by atoms with Gasteiger partial charge in [-0.15, -0.1) is 0 Å². The Balaban J connectivity index is 1.52. The largest absolute Gasteiger partial charge is 0.491 e. The lowest BCUT2D eigenvalue weighted by molar-refractivity contribution is 0.0925. The highest BCUT2D eigenvalue weighted by atomic mass is 16.5. The third kappa shape index (κ3) is 6.08. The number of aryl methyl sites for hydroxylation is 1. The minimum Gasteiger partial charge on any atom is -0.491 e. The van der Waals surface area contributed by atoms with E-state index in [1.165, 1.54) is 0 Å². The summed E-state index contributed by atoms with van der Waals surface area (Å²) in [4.78, 5) is 23.7. The lowest BCUT2D eigenvalue weighted by Crippen LogP contribution is -2.40. The highest BCUT2D eigenvalue weighted by Crippen LogP contribution is 2.23. The van der Waals surface area contributed by atoms with E-state index in [4.69, 9.17) is 4.74 Å². The molecular weight excluding hydrogens is 378 g/mol. The summed E-state index contributed by atoms with van der Waals surface area (Å²) in [5.74, 6) is 2.25. The number of amides is 1. The summed E-state index contributed by atoms with van der Waals surface area (Å²) in [5.41, 5.74) is 1.58. The average Bonchev–Trinajstić information content (AvgIpc) is 2.68. The van der Waals surface area contributed by atoms with Gasteiger partial charge in [0, 0.05) is 43.5 Å². The molecule has 1 saturated carbocycles. The van der Waals surface area contributed by atoms with Crippen LogP contribution in [0.1, 0.15) is 55.6 Å². The van der Waals surface area contributed by atoms with Crippen LogP contribution in [0.15, 0.2) is 30.3 Å². The molecule has 1 fully saturated rings. The lowest BCUT2D eigenvalue weighted by atomic mass is 9.91. The van der Waals surface area contributed by atoms with Crippen LogP contribution in [0.25, 0.3) is 0 Å². The van der Waals surface area contributed by atoms with Crippen molar-refractivity contribution in [1.29, 1.82) is 0 Å². The number of ether oxygens (including phenoxy) is 1. The maximum atomic E-state index is 12.7. The molecule has 1 aliphatic carbocycles. The van der Waals surface area contributed by atoms with Crippen molar-refractivity contribution in [3.63, 3.8) is 0 Å². The molecule has 0 unspecified atom stereocenters. The number of anilines is 2. The quantitative estimate of drug-likeness (QED) is 0.722. The van der Waals surface area contributed by atoms with Gasteiger partial charge in [0.05, 0.1) is 6.10 Å². The van der Waals surface area contributed by atoms with Crippen molar-refractivity contribution in [2.75, 3.05) is 24.3 Å². The fourth-order valence-corrected chi connectivity index (χ4v) is 3.66. The topological polar surface area (TPSA) is 79.4 Å². The molecular formula is C23H33N5O2. The summed E-state index contributed by atoms with van der Waals surface area (Å²) in [6.45, 7) is 5.93. The number of carbonyl (C=O) groups excluding carboxylic acids is 1. The van der Waals surface area contributed by atoms with Crippen LogP contribution in [0.2, 0.25) is 0 Å². The summed E-state index contributed by atoms with van der Waals surface area (Å²) in [6.07, 6.45) is 3.87. The monoisotopic (exact) mass is 411 g/mol. The van der Waals surface area contributed by atoms with Crippen LogP contribution in [0.3, 0.4) is 0 Å². The predicted molar refractivity (Wildman–Crippen MR) is 120 cm³/mol. The summed E-state index contributed by atoms with van der Waals surface area (Å²) in [7, 11) is 3.95. The minimum atomic E-state index is -0.0433. The third-order valence-corrected chi connectivity index (χ3v) is 5.16. The van der Waals surface area contributed by atoms with E-state index in [1.54, 1.807) is 6.07 Å². The number of hydrogen-bond donors (Lipinski definition) is 2. The molecule has 1 amide bonds. The van der Waals surface area contributed by atoms with Gasteiger partial charge in [0.2, 0.25) is 5.95 Å². The van der Waals surface area contributed by atoms with Crippen LogP contribution >= 0.6 is 0 Å². The molecule has 1 aromatic carbocycles. The molecule has 1 aliphatic rings. The van der Waals surface area contributed by atoms with Crippen molar-refractivity contribution in [2.45, 2.75) is 64.6 Å². The number of nitrogens with one attached hydrogen (secondary N) is 2. The van der Waals surface area contributed by atoms with Crippen LogP contribution in [0.5, 0.6) is 5.75 Å². The summed E-state index contributed by atoms with van der Waals surface area (Å²) < 4.78 is 5.69. The Morgan fingerprint density at radius 2 is 1.80 bits per heavy atom. The Hall–Kier alpha value is -2.83. The van der Waals surface area contributed by atoms with Gasteiger partial charge in [-0.05, 0) is 64.7 Å². The number of aromatic nitrogens is 2. The Morgan fingerprint density at radius 3 is 2.47 bits per heavy atom. The van der Waals surface area contributed by atoms with E-state index in [0.717, 1.165) is 42.9 Å². The summed E-state index contributed by atoms with van der Waals surface area (Å²) >= 11 is 0. The van der Waals surface area contributed by atoms with E-state index in [-0.39, 0.29) is 18.1 Å². The lowest BCUT2D eigenvalue weighted by Gasteiger charge is -2.30. The second kappa shape index (κ2) is 9.78. The molecule has 7 nitrogen and oxygen atoms in total. The molecule has 0 spiro atoms. The zero-order valence-electron chi connectivity index (χ0n) is 18.6. The second-order valence-corrected chi connectivity index (χ2v) is 8.45. The average molecular weight is 412 g/mol. The van der Waals surface area contributed by atoms with Crippen LogP contribution in [-0.2, 0) is 0 Å². The summed E-state index contributed by atoms with van der Waals surface area (Å²) in [6, 6.07) is 9.84. The molecule has 2 N–H and O–H groups in total. The SMILES string of the molecule is Cc1cc(N(C)C)nc(NC2CCC(NC(=O)c3cccc(OC(C)C)c3)CC2)n1. The van der Waals surface area contributed by atoms with Crippen molar-refractivity contribution in [3.05, 3.63) is 41.6 Å². The van der Waals surface area contributed by atoms with Gasteiger partial charge in [0.15, 0.2) is 0 Å². The van der Waals surface area contributed by atoms with Crippen LogP contribution in [0.4, 0.5) is 11.8 Å². The predicted octanol–water partition coefficient (Wildman–Crippen LogP) is 3.79. The molecule has 162 valence electrons. The normalized spacial score (nSPS) is 18.7. The fourth-order valence-electron chi connectivity index (χ4n) is 3.66. The number of nitrogens with zero attached hydrogens (tertiary/aromatic N) is 3. The molecule has 0 radical (unpaired) electrons. The highest BCUT2D eigenvalue weighted by molar-refractivity contribution is 5.94.